The van der Waals surface area contributed by atoms with E-state index < -0.39 is 0 Å². The van der Waals surface area contributed by atoms with Gasteiger partial charge in [0.2, 0.25) is 0 Å². The van der Waals surface area contributed by atoms with Crippen molar-refractivity contribution in [1.29, 1.82) is 0 Å². The molecule has 140 valence electrons. The molecule has 0 aliphatic carbocycles. The first-order valence-corrected chi connectivity index (χ1v) is 9.54. The van der Waals surface area contributed by atoms with Gasteiger partial charge in [0.1, 0.15) is 0 Å². The number of piperazine rings is 1. The molecule has 0 saturated carbocycles. The molecule has 0 bridgehead atoms. The number of nitrogens with one attached hydrogen (secondary N) is 1. The van der Waals surface area contributed by atoms with Crippen molar-refractivity contribution >= 4 is 41.8 Å². The van der Waals surface area contributed by atoms with Crippen molar-refractivity contribution in [3.63, 3.8) is 0 Å². The van der Waals surface area contributed by atoms with Crippen LogP contribution in [0.25, 0.3) is 0 Å². The van der Waals surface area contributed by atoms with Crippen LogP contribution in [0.1, 0.15) is 30.3 Å². The second-order valence-electron chi connectivity index (χ2n) is 5.97. The number of thiophene rings is 1. The van der Waals surface area contributed by atoms with Crippen LogP contribution in [0.3, 0.4) is 0 Å². The zero-order valence-corrected chi connectivity index (χ0v) is 17.4. The van der Waals surface area contributed by atoms with Gasteiger partial charge in [-0.05, 0) is 43.0 Å². The molecule has 3 rings (SSSR count). The van der Waals surface area contributed by atoms with Gasteiger partial charge in [0.05, 0.1) is 6.04 Å². The van der Waals surface area contributed by atoms with Gasteiger partial charge in [-0.15, -0.1) is 36.2 Å². The van der Waals surface area contributed by atoms with E-state index in [0.29, 0.717) is 6.04 Å². The summed E-state index contributed by atoms with van der Waals surface area (Å²) in [4.78, 5) is 6.45. The first-order valence-electron chi connectivity index (χ1n) is 8.66. The van der Waals surface area contributed by atoms with Crippen molar-refractivity contribution in [2.24, 2.45) is 0 Å². The fourth-order valence-electron chi connectivity index (χ4n) is 3.40. The lowest BCUT2D eigenvalue weighted by Crippen LogP contribution is -2.45. The van der Waals surface area contributed by atoms with E-state index in [2.05, 4.69) is 70.7 Å². The third-order valence-corrected chi connectivity index (χ3v) is 5.59. The minimum absolute atomic E-state index is 0. The summed E-state index contributed by atoms with van der Waals surface area (Å²) in [7, 11) is 0. The quantitative estimate of drug-likeness (QED) is 0.771. The highest BCUT2D eigenvalue weighted by Crippen LogP contribution is 2.33. The van der Waals surface area contributed by atoms with Crippen molar-refractivity contribution in [3.05, 3.63) is 52.2 Å². The highest BCUT2D eigenvalue weighted by molar-refractivity contribution is 7.10. The monoisotopic (exact) mass is 401 g/mol. The van der Waals surface area contributed by atoms with Crippen molar-refractivity contribution in [3.8, 4) is 0 Å². The molecular weight excluding hydrogens is 373 g/mol. The van der Waals surface area contributed by atoms with Crippen LogP contribution in [0.4, 0.5) is 5.69 Å². The Kier molecular flexibility index (Phi) is 9.83. The normalized spacial score (nSPS) is 15.8. The number of hydrogen-bond donors (Lipinski definition) is 1. The molecule has 1 fully saturated rings. The lowest BCUT2D eigenvalue weighted by molar-refractivity contribution is 0.200. The molecule has 0 amide bonds. The van der Waals surface area contributed by atoms with Crippen molar-refractivity contribution < 1.29 is 0 Å². The summed E-state index contributed by atoms with van der Waals surface area (Å²) in [6, 6.07) is 14.0. The predicted molar refractivity (Wildman–Crippen MR) is 115 cm³/mol. The molecule has 1 saturated heterocycles. The molecule has 2 aromatic rings. The molecule has 2 heterocycles. The van der Waals surface area contributed by atoms with Gasteiger partial charge < -0.3 is 10.2 Å². The number of benzene rings is 1. The van der Waals surface area contributed by atoms with Crippen LogP contribution in [-0.2, 0) is 0 Å². The lowest BCUT2D eigenvalue weighted by atomic mass is 10.0. The van der Waals surface area contributed by atoms with Crippen molar-refractivity contribution in [2.75, 3.05) is 44.2 Å². The van der Waals surface area contributed by atoms with E-state index in [9.17, 15) is 0 Å². The summed E-state index contributed by atoms with van der Waals surface area (Å²) in [5.41, 5.74) is 2.73. The maximum absolute atomic E-state index is 3.46. The minimum atomic E-state index is 0. The number of nitrogens with zero attached hydrogens (tertiary/aromatic N) is 2. The van der Waals surface area contributed by atoms with Gasteiger partial charge in [-0.25, -0.2) is 0 Å². The topological polar surface area (TPSA) is 18.5 Å². The Morgan fingerprint density at radius 2 is 1.68 bits per heavy atom. The molecule has 1 aliphatic rings. The third kappa shape index (κ3) is 5.35. The molecular formula is C19H29Cl2N3S. The van der Waals surface area contributed by atoms with Crippen LogP contribution in [0, 0.1) is 0 Å². The van der Waals surface area contributed by atoms with E-state index in [0.717, 1.165) is 39.3 Å². The maximum Gasteiger partial charge on any atom is 0.0696 e. The van der Waals surface area contributed by atoms with Gasteiger partial charge in [-0.2, -0.15) is 0 Å². The Morgan fingerprint density at radius 1 is 1.04 bits per heavy atom. The highest BCUT2D eigenvalue weighted by Gasteiger charge is 2.24. The summed E-state index contributed by atoms with van der Waals surface area (Å²) >= 11 is 1.87. The largest absolute Gasteiger partial charge is 0.372 e. The maximum atomic E-state index is 3.46. The highest BCUT2D eigenvalue weighted by atomic mass is 35.5. The Balaban J connectivity index is 0.00000156. The summed E-state index contributed by atoms with van der Waals surface area (Å²) in [5.74, 6) is 0. The van der Waals surface area contributed by atoms with Crippen LogP contribution < -0.4 is 10.2 Å². The van der Waals surface area contributed by atoms with Gasteiger partial charge in [-0.1, -0.05) is 18.2 Å². The average Bonchev–Trinajstić information content (AvgIpc) is 3.13. The fourth-order valence-corrected chi connectivity index (χ4v) is 4.28. The molecule has 1 aliphatic heterocycles. The van der Waals surface area contributed by atoms with Gasteiger partial charge in [0, 0.05) is 49.8 Å². The van der Waals surface area contributed by atoms with Gasteiger partial charge in [0.25, 0.3) is 0 Å². The SMILES string of the molecule is CCN(CC)c1ccc([C@@H](c2cccs2)N2CCNCC2)cc1.Cl.Cl. The van der Waals surface area contributed by atoms with Gasteiger partial charge in [0.15, 0.2) is 0 Å². The second-order valence-corrected chi connectivity index (χ2v) is 6.95. The van der Waals surface area contributed by atoms with E-state index in [4.69, 9.17) is 0 Å². The first kappa shape index (κ1) is 22.3. The van der Waals surface area contributed by atoms with E-state index in [1.54, 1.807) is 0 Å². The van der Waals surface area contributed by atoms with E-state index >= 15 is 0 Å². The van der Waals surface area contributed by atoms with Crippen LogP contribution in [-0.4, -0.2) is 44.2 Å². The minimum Gasteiger partial charge on any atom is -0.372 e. The van der Waals surface area contributed by atoms with Crippen LogP contribution in [0.5, 0.6) is 0 Å². The average molecular weight is 402 g/mol. The van der Waals surface area contributed by atoms with Crippen molar-refractivity contribution in [1.82, 2.24) is 10.2 Å². The number of hydrogen-bond acceptors (Lipinski definition) is 4. The van der Waals surface area contributed by atoms with Gasteiger partial charge in [-0.3, -0.25) is 4.90 Å². The molecule has 1 atom stereocenters. The summed E-state index contributed by atoms with van der Waals surface area (Å²) < 4.78 is 0. The first-order chi connectivity index (χ1) is 11.3. The Morgan fingerprint density at radius 3 is 2.20 bits per heavy atom. The standard InChI is InChI=1S/C19H27N3S.2ClH/c1-3-21(4-2)17-9-7-16(8-10-17)19(18-6-5-15-23-18)22-13-11-20-12-14-22;;/h5-10,15,19-20H,3-4,11-14H2,1-2H3;2*1H/t19-;;/m0../s1. The van der Waals surface area contributed by atoms with Crippen LogP contribution >= 0.6 is 36.2 Å². The molecule has 3 nitrogen and oxygen atoms in total. The molecule has 6 heteroatoms. The van der Waals surface area contributed by atoms with E-state index in [1.165, 1.54) is 16.1 Å². The smallest absolute Gasteiger partial charge is 0.0696 e. The molecule has 25 heavy (non-hydrogen) atoms. The van der Waals surface area contributed by atoms with Crippen molar-refractivity contribution in [2.45, 2.75) is 19.9 Å². The zero-order valence-electron chi connectivity index (χ0n) is 15.0. The number of anilines is 1. The Labute approximate surface area is 168 Å². The second kappa shape index (κ2) is 11.0. The molecule has 1 aromatic heterocycles. The van der Waals surface area contributed by atoms with Gasteiger partial charge >= 0.3 is 0 Å². The molecule has 1 N–H and O–H groups in total. The Hall–Kier alpha value is -0.780. The van der Waals surface area contributed by atoms with E-state index in [1.807, 2.05) is 11.3 Å². The fraction of sp³-hybridized carbons (Fsp3) is 0.474. The third-order valence-electron chi connectivity index (χ3n) is 4.67. The van der Waals surface area contributed by atoms with Crippen LogP contribution in [0.2, 0.25) is 0 Å². The molecule has 0 radical (unpaired) electrons. The molecule has 1 aromatic carbocycles. The molecule has 0 unspecified atom stereocenters. The number of halogens is 2. The zero-order chi connectivity index (χ0) is 16.1. The summed E-state index contributed by atoms with van der Waals surface area (Å²) in [6.45, 7) is 10.9. The Bertz CT molecular complexity index is 579. The van der Waals surface area contributed by atoms with Crippen LogP contribution in [0.15, 0.2) is 41.8 Å². The lowest BCUT2D eigenvalue weighted by Gasteiger charge is -2.35. The summed E-state index contributed by atoms with van der Waals surface area (Å²) in [5, 5.41) is 5.65. The molecule has 0 spiro atoms. The number of rotatable bonds is 6. The van der Waals surface area contributed by atoms with E-state index in [-0.39, 0.29) is 24.8 Å². The predicted octanol–water partition coefficient (Wildman–Crippen LogP) is 4.43. The summed E-state index contributed by atoms with van der Waals surface area (Å²) in [6.07, 6.45) is 0.